The molecule has 1 N–H and O–H groups in total. The van der Waals surface area contributed by atoms with Crippen molar-refractivity contribution in [2.45, 2.75) is 12.6 Å². The van der Waals surface area contributed by atoms with E-state index in [4.69, 9.17) is 0 Å². The Hall–Kier alpha value is -3.94. The van der Waals surface area contributed by atoms with E-state index < -0.39 is 34.7 Å². The molecular formula is C20H14F4N6O3S. The van der Waals surface area contributed by atoms with Crippen LogP contribution in [0.25, 0.3) is 22.3 Å². The number of aryl methyl sites for hydroxylation is 1. The molecule has 0 saturated carbocycles. The van der Waals surface area contributed by atoms with Gasteiger partial charge < -0.3 is 5.32 Å². The van der Waals surface area contributed by atoms with Crippen LogP contribution in [0.3, 0.4) is 0 Å². The summed E-state index contributed by atoms with van der Waals surface area (Å²) in [4.78, 5) is 41.3. The monoisotopic (exact) mass is 494 g/mol. The van der Waals surface area contributed by atoms with Crippen LogP contribution in [-0.2, 0) is 31.5 Å². The van der Waals surface area contributed by atoms with E-state index in [-0.39, 0.29) is 39.4 Å². The minimum atomic E-state index is -4.87. The zero-order chi connectivity index (χ0) is 24.8. The van der Waals surface area contributed by atoms with Gasteiger partial charge in [0.2, 0.25) is 5.91 Å². The maximum absolute atomic E-state index is 13.5. The summed E-state index contributed by atoms with van der Waals surface area (Å²) >= 11 is 0.957. The predicted octanol–water partition coefficient (Wildman–Crippen LogP) is 2.49. The van der Waals surface area contributed by atoms with Gasteiger partial charge in [0.25, 0.3) is 5.56 Å². The molecule has 0 saturated heterocycles. The molecule has 34 heavy (non-hydrogen) atoms. The predicted molar refractivity (Wildman–Crippen MR) is 115 cm³/mol. The number of benzene rings is 1. The van der Waals surface area contributed by atoms with Crippen molar-refractivity contribution in [2.24, 2.45) is 14.1 Å². The highest BCUT2D eigenvalue weighted by atomic mass is 32.1. The van der Waals surface area contributed by atoms with E-state index in [1.165, 1.54) is 25.7 Å². The van der Waals surface area contributed by atoms with Crippen LogP contribution in [0.15, 0.2) is 39.4 Å². The summed E-state index contributed by atoms with van der Waals surface area (Å²) in [6, 6.07) is 2.50. The molecule has 4 rings (SSSR count). The van der Waals surface area contributed by atoms with E-state index in [9.17, 15) is 31.9 Å². The number of rotatable bonds is 4. The lowest BCUT2D eigenvalue weighted by Gasteiger charge is -2.09. The van der Waals surface area contributed by atoms with Gasteiger partial charge in [-0.2, -0.15) is 18.3 Å². The average molecular weight is 494 g/mol. The third-order valence-electron chi connectivity index (χ3n) is 4.99. The number of aromatic nitrogens is 5. The molecule has 0 aliphatic heterocycles. The minimum Gasteiger partial charge on any atom is -0.302 e. The number of carbonyl (C=O) groups is 1. The highest BCUT2D eigenvalue weighted by Crippen LogP contribution is 2.35. The molecule has 0 spiro atoms. The van der Waals surface area contributed by atoms with Crippen LogP contribution in [0.2, 0.25) is 0 Å². The van der Waals surface area contributed by atoms with Gasteiger partial charge >= 0.3 is 11.9 Å². The molecule has 0 bridgehead atoms. The van der Waals surface area contributed by atoms with E-state index in [0.717, 1.165) is 26.5 Å². The summed E-state index contributed by atoms with van der Waals surface area (Å²) in [5.41, 5.74) is -2.26. The summed E-state index contributed by atoms with van der Waals surface area (Å²) in [6.07, 6.45) is -3.93. The van der Waals surface area contributed by atoms with Crippen LogP contribution in [0.4, 0.5) is 22.7 Å². The van der Waals surface area contributed by atoms with Crippen LogP contribution in [0, 0.1) is 5.82 Å². The van der Waals surface area contributed by atoms with Crippen molar-refractivity contribution in [1.82, 2.24) is 24.3 Å². The van der Waals surface area contributed by atoms with Crippen molar-refractivity contribution in [3.05, 3.63) is 67.6 Å². The zero-order valence-electron chi connectivity index (χ0n) is 17.5. The van der Waals surface area contributed by atoms with Crippen LogP contribution in [0.5, 0.6) is 0 Å². The van der Waals surface area contributed by atoms with Gasteiger partial charge in [-0.15, -0.1) is 16.4 Å². The number of anilines is 1. The first-order valence-electron chi connectivity index (χ1n) is 9.50. The molecule has 0 aliphatic rings. The second kappa shape index (κ2) is 8.44. The first kappa shape index (κ1) is 23.2. The number of alkyl halides is 3. The van der Waals surface area contributed by atoms with Crippen molar-refractivity contribution in [3.63, 3.8) is 0 Å². The molecule has 0 unspecified atom stereocenters. The minimum absolute atomic E-state index is 0.0201. The van der Waals surface area contributed by atoms with Crippen molar-refractivity contribution >= 4 is 33.4 Å². The van der Waals surface area contributed by atoms with Gasteiger partial charge in [0.1, 0.15) is 5.82 Å². The van der Waals surface area contributed by atoms with E-state index in [1.807, 2.05) is 0 Å². The fraction of sp³-hybridized carbons (Fsp3) is 0.200. The molecule has 14 heteroatoms. The number of hydrogen-bond acceptors (Lipinski definition) is 7. The van der Waals surface area contributed by atoms with Gasteiger partial charge in [0.15, 0.2) is 10.8 Å². The van der Waals surface area contributed by atoms with Crippen molar-refractivity contribution < 1.29 is 22.4 Å². The number of halogens is 4. The molecule has 0 aliphatic carbocycles. The lowest BCUT2D eigenvalue weighted by atomic mass is 10.1. The van der Waals surface area contributed by atoms with Gasteiger partial charge in [0, 0.05) is 25.0 Å². The van der Waals surface area contributed by atoms with Gasteiger partial charge in [0.05, 0.1) is 29.3 Å². The number of amides is 1. The number of fused-ring (bicyclic) bond motifs is 1. The lowest BCUT2D eigenvalue weighted by molar-refractivity contribution is -0.140. The Kier molecular flexibility index (Phi) is 5.77. The molecule has 1 amide bonds. The largest absolute Gasteiger partial charge is 0.419 e. The van der Waals surface area contributed by atoms with Gasteiger partial charge in [-0.3, -0.25) is 18.7 Å². The first-order valence-corrected chi connectivity index (χ1v) is 10.4. The molecule has 3 heterocycles. The smallest absolute Gasteiger partial charge is 0.302 e. The van der Waals surface area contributed by atoms with Gasteiger partial charge in [-0.25, -0.2) is 14.2 Å². The summed E-state index contributed by atoms with van der Waals surface area (Å²) in [7, 11) is 2.71. The topological polar surface area (TPSA) is 112 Å². The molecule has 0 fully saturated rings. The van der Waals surface area contributed by atoms with Crippen LogP contribution >= 0.6 is 11.3 Å². The Morgan fingerprint density at radius 3 is 2.62 bits per heavy atom. The zero-order valence-corrected chi connectivity index (χ0v) is 18.3. The Morgan fingerprint density at radius 1 is 1.18 bits per heavy atom. The molecule has 0 radical (unpaired) electrons. The Bertz CT molecular complexity index is 1560. The highest BCUT2D eigenvalue weighted by Gasteiger charge is 2.34. The Balaban J connectivity index is 1.59. The van der Waals surface area contributed by atoms with Crippen LogP contribution in [-0.4, -0.2) is 30.2 Å². The maximum Gasteiger partial charge on any atom is 0.419 e. The molecule has 1 aromatic carbocycles. The molecule has 9 nitrogen and oxygen atoms in total. The first-order chi connectivity index (χ1) is 16.0. The van der Waals surface area contributed by atoms with Crippen LogP contribution < -0.4 is 16.6 Å². The highest BCUT2D eigenvalue weighted by molar-refractivity contribution is 7.14. The quantitative estimate of drug-likeness (QED) is 0.437. The third kappa shape index (κ3) is 4.19. The summed E-state index contributed by atoms with van der Waals surface area (Å²) in [6.45, 7) is 0. The molecule has 4 aromatic rings. The number of nitrogens with zero attached hydrogens (tertiary/aromatic N) is 5. The summed E-state index contributed by atoms with van der Waals surface area (Å²) in [5, 5.41) is 11.6. The standard InChI is InChI=1S/C20H14F4N6O3S/c1-29-16-15(17(32)30(2)19(29)33)10(7-25-28-16)6-14(31)27-18-26-13(8-34-18)9-3-4-12(21)11(5-9)20(22,23)24/h3-5,7-8H,6H2,1-2H3,(H,26,27,31). The number of thiazole rings is 1. The number of nitrogens with one attached hydrogen (secondary N) is 1. The second-order valence-corrected chi connectivity index (χ2v) is 8.09. The van der Waals surface area contributed by atoms with Crippen molar-refractivity contribution in [1.29, 1.82) is 0 Å². The molecule has 0 atom stereocenters. The maximum atomic E-state index is 13.5. The number of hydrogen-bond donors (Lipinski definition) is 1. The number of carbonyl (C=O) groups excluding carboxylic acids is 1. The Morgan fingerprint density at radius 2 is 1.91 bits per heavy atom. The fourth-order valence-corrected chi connectivity index (χ4v) is 4.02. The van der Waals surface area contributed by atoms with Crippen molar-refractivity contribution in [2.75, 3.05) is 5.32 Å². The lowest BCUT2D eigenvalue weighted by Crippen LogP contribution is -2.38. The SMILES string of the molecule is Cn1c(=O)c2c(CC(=O)Nc3nc(-c4ccc(F)c(C(F)(F)F)c4)cs3)cnnc2n(C)c1=O. The molecule has 176 valence electrons. The van der Waals surface area contributed by atoms with E-state index in [1.54, 1.807) is 0 Å². The van der Waals surface area contributed by atoms with E-state index >= 15 is 0 Å². The normalized spacial score (nSPS) is 11.7. The summed E-state index contributed by atoms with van der Waals surface area (Å²) in [5.74, 6) is -1.98. The van der Waals surface area contributed by atoms with Crippen molar-refractivity contribution in [3.8, 4) is 11.3 Å². The van der Waals surface area contributed by atoms with E-state index in [0.29, 0.717) is 12.1 Å². The average Bonchev–Trinajstić information content (AvgIpc) is 3.23. The van der Waals surface area contributed by atoms with Gasteiger partial charge in [-0.1, -0.05) is 0 Å². The summed E-state index contributed by atoms with van der Waals surface area (Å²) < 4.78 is 54.5. The Labute approximate surface area is 191 Å². The fourth-order valence-electron chi connectivity index (χ4n) is 3.29. The second-order valence-electron chi connectivity index (χ2n) is 7.23. The van der Waals surface area contributed by atoms with Crippen LogP contribution in [0.1, 0.15) is 11.1 Å². The molecular weight excluding hydrogens is 480 g/mol. The van der Waals surface area contributed by atoms with Gasteiger partial charge in [-0.05, 0) is 23.8 Å². The third-order valence-corrected chi connectivity index (χ3v) is 5.75. The molecule has 3 aromatic heterocycles. The van der Waals surface area contributed by atoms with E-state index in [2.05, 4.69) is 20.5 Å².